The number of anilines is 3. The molecule has 1 aliphatic rings. The van der Waals surface area contributed by atoms with Gasteiger partial charge in [0.2, 0.25) is 11.6 Å². The summed E-state index contributed by atoms with van der Waals surface area (Å²) in [5, 5.41) is 18.4. The highest BCUT2D eigenvalue weighted by Crippen LogP contribution is 2.39. The maximum absolute atomic E-state index is 11.8. The number of aromatic nitrogens is 2. The number of hydrogen-bond donors (Lipinski definition) is 2. The highest BCUT2D eigenvalue weighted by atomic mass is 35.5. The van der Waals surface area contributed by atoms with Crippen LogP contribution in [0.3, 0.4) is 0 Å². The summed E-state index contributed by atoms with van der Waals surface area (Å²) in [6, 6.07) is 3.33. The van der Waals surface area contributed by atoms with Crippen molar-refractivity contribution in [2.45, 2.75) is 44.6 Å². The summed E-state index contributed by atoms with van der Waals surface area (Å²) >= 11 is 6.20. The van der Waals surface area contributed by atoms with Gasteiger partial charge in [0, 0.05) is 12.1 Å². The molecule has 1 heterocycles. The van der Waals surface area contributed by atoms with Crippen molar-refractivity contribution in [3.8, 4) is 11.5 Å². The summed E-state index contributed by atoms with van der Waals surface area (Å²) in [4.78, 5) is 19.6. The number of hydrogen-bond acceptors (Lipinski definition) is 8. The monoisotopic (exact) mass is 421 g/mol. The first-order valence-corrected chi connectivity index (χ1v) is 9.85. The van der Waals surface area contributed by atoms with Crippen LogP contribution in [0.15, 0.2) is 18.5 Å². The molecule has 2 aromatic rings. The van der Waals surface area contributed by atoms with Crippen molar-refractivity contribution >= 4 is 34.6 Å². The van der Waals surface area contributed by atoms with Gasteiger partial charge in [-0.2, -0.15) is 0 Å². The van der Waals surface area contributed by atoms with Gasteiger partial charge in [0.15, 0.2) is 0 Å². The van der Waals surface area contributed by atoms with E-state index in [0.29, 0.717) is 22.2 Å². The number of rotatable bonds is 7. The summed E-state index contributed by atoms with van der Waals surface area (Å²) in [6.45, 7) is 0. The highest BCUT2D eigenvalue weighted by Gasteiger charge is 2.26. The second kappa shape index (κ2) is 9.60. The van der Waals surface area contributed by atoms with Gasteiger partial charge in [0.05, 0.1) is 29.9 Å². The van der Waals surface area contributed by atoms with Crippen molar-refractivity contribution < 1.29 is 14.4 Å². The van der Waals surface area contributed by atoms with Gasteiger partial charge in [-0.15, -0.1) is 0 Å². The first-order chi connectivity index (χ1) is 14.0. The normalized spacial score (nSPS) is 14.7. The van der Waals surface area contributed by atoms with Gasteiger partial charge in [-0.05, 0) is 18.9 Å². The largest absolute Gasteiger partial charge is 0.495 e. The Kier molecular flexibility index (Phi) is 6.92. The Bertz CT molecular complexity index is 872. The Balaban J connectivity index is 1.93. The molecule has 1 aliphatic carbocycles. The van der Waals surface area contributed by atoms with Crippen molar-refractivity contribution in [3.05, 3.63) is 33.6 Å². The lowest BCUT2D eigenvalue weighted by Crippen LogP contribution is -2.20. The maximum Gasteiger partial charge on any atom is 0.353 e. The minimum atomic E-state index is -0.487. The molecular formula is C19H24ClN5O4. The molecule has 1 saturated carbocycles. The van der Waals surface area contributed by atoms with Crippen LogP contribution in [0.5, 0.6) is 11.5 Å². The number of nitro groups is 1. The number of methoxy groups -OCH3 is 2. The second-order valence-electron chi connectivity index (χ2n) is 6.82. The Morgan fingerprint density at radius 1 is 1.07 bits per heavy atom. The van der Waals surface area contributed by atoms with Crippen LogP contribution in [0.2, 0.25) is 5.02 Å². The molecular weight excluding hydrogens is 398 g/mol. The van der Waals surface area contributed by atoms with E-state index in [9.17, 15) is 10.1 Å². The Morgan fingerprint density at radius 3 is 2.34 bits per heavy atom. The zero-order valence-electron chi connectivity index (χ0n) is 16.4. The van der Waals surface area contributed by atoms with Gasteiger partial charge in [0.1, 0.15) is 17.8 Å². The summed E-state index contributed by atoms with van der Waals surface area (Å²) in [7, 11) is 2.98. The Hall–Kier alpha value is -2.81. The van der Waals surface area contributed by atoms with E-state index in [1.807, 2.05) is 0 Å². The fourth-order valence-corrected chi connectivity index (χ4v) is 3.69. The van der Waals surface area contributed by atoms with Crippen molar-refractivity contribution in [1.82, 2.24) is 9.97 Å². The predicted octanol–water partition coefficient (Wildman–Crippen LogP) is 4.93. The molecule has 1 fully saturated rings. The third kappa shape index (κ3) is 4.97. The van der Waals surface area contributed by atoms with Crippen molar-refractivity contribution in [2.24, 2.45) is 0 Å². The van der Waals surface area contributed by atoms with E-state index >= 15 is 0 Å². The second-order valence-corrected chi connectivity index (χ2v) is 7.23. The number of ether oxygens (including phenoxy) is 2. The first kappa shape index (κ1) is 20.9. The fourth-order valence-electron chi connectivity index (χ4n) is 3.45. The summed E-state index contributed by atoms with van der Waals surface area (Å²) in [6.07, 6.45) is 7.81. The number of nitrogens with zero attached hydrogens (tertiary/aromatic N) is 3. The molecule has 0 spiro atoms. The van der Waals surface area contributed by atoms with E-state index in [-0.39, 0.29) is 23.4 Å². The van der Waals surface area contributed by atoms with Gasteiger partial charge in [-0.25, -0.2) is 9.97 Å². The SMILES string of the molecule is COc1cc(OC)c(Nc2ncnc(NC3CCCCCC3)c2[N+](=O)[O-])cc1Cl. The molecule has 1 aromatic carbocycles. The summed E-state index contributed by atoms with van der Waals surface area (Å²) in [5.74, 6) is 1.11. The molecule has 0 aliphatic heterocycles. The standard InChI is InChI=1S/C19H24ClN5O4/c1-28-15-10-16(29-2)14(9-13(15)20)24-19-17(25(26)27)18(21-11-22-19)23-12-7-5-3-4-6-8-12/h9-12H,3-8H2,1-2H3,(H2,21,22,23,24). The highest BCUT2D eigenvalue weighted by molar-refractivity contribution is 6.32. The van der Waals surface area contributed by atoms with Gasteiger partial charge >= 0.3 is 5.69 Å². The number of benzene rings is 1. The third-order valence-electron chi connectivity index (χ3n) is 4.93. The summed E-state index contributed by atoms with van der Waals surface area (Å²) in [5.41, 5.74) is 0.214. The van der Waals surface area contributed by atoms with Crippen molar-refractivity contribution in [2.75, 3.05) is 24.9 Å². The molecule has 0 bridgehead atoms. The van der Waals surface area contributed by atoms with Gasteiger partial charge in [0.25, 0.3) is 0 Å². The van der Waals surface area contributed by atoms with Crippen LogP contribution in [0.4, 0.5) is 23.0 Å². The number of halogens is 1. The van der Waals surface area contributed by atoms with Gasteiger partial charge < -0.3 is 20.1 Å². The van der Waals surface area contributed by atoms with E-state index in [1.54, 1.807) is 12.1 Å². The molecule has 29 heavy (non-hydrogen) atoms. The lowest BCUT2D eigenvalue weighted by atomic mass is 10.1. The van der Waals surface area contributed by atoms with Crippen LogP contribution in [-0.2, 0) is 0 Å². The lowest BCUT2D eigenvalue weighted by molar-refractivity contribution is -0.383. The average Bonchev–Trinajstić information content (AvgIpc) is 2.97. The van der Waals surface area contributed by atoms with Crippen LogP contribution in [-0.4, -0.2) is 35.2 Å². The maximum atomic E-state index is 11.8. The zero-order chi connectivity index (χ0) is 20.8. The Morgan fingerprint density at radius 2 is 1.72 bits per heavy atom. The molecule has 0 atom stereocenters. The summed E-state index contributed by atoms with van der Waals surface area (Å²) < 4.78 is 10.5. The zero-order valence-corrected chi connectivity index (χ0v) is 17.2. The minimum absolute atomic E-state index is 0.0562. The van der Waals surface area contributed by atoms with E-state index in [0.717, 1.165) is 25.7 Å². The molecule has 1 aromatic heterocycles. The van der Waals surface area contributed by atoms with E-state index in [4.69, 9.17) is 21.1 Å². The van der Waals surface area contributed by atoms with Gasteiger partial charge in [-0.3, -0.25) is 10.1 Å². The van der Waals surface area contributed by atoms with Crippen molar-refractivity contribution in [3.63, 3.8) is 0 Å². The van der Waals surface area contributed by atoms with E-state index < -0.39 is 4.92 Å². The topological polar surface area (TPSA) is 111 Å². The van der Waals surface area contributed by atoms with E-state index in [2.05, 4.69) is 20.6 Å². The lowest BCUT2D eigenvalue weighted by Gasteiger charge is -2.18. The van der Waals surface area contributed by atoms with Gasteiger partial charge in [-0.1, -0.05) is 37.3 Å². The van der Waals surface area contributed by atoms with Crippen LogP contribution < -0.4 is 20.1 Å². The Labute approximate surface area is 173 Å². The predicted molar refractivity (Wildman–Crippen MR) is 112 cm³/mol. The van der Waals surface area contributed by atoms with Crippen LogP contribution in [0.1, 0.15) is 38.5 Å². The minimum Gasteiger partial charge on any atom is -0.495 e. The van der Waals surface area contributed by atoms with Crippen LogP contribution in [0, 0.1) is 10.1 Å². The average molecular weight is 422 g/mol. The molecule has 156 valence electrons. The molecule has 3 rings (SSSR count). The van der Waals surface area contributed by atoms with Crippen LogP contribution in [0.25, 0.3) is 0 Å². The first-order valence-electron chi connectivity index (χ1n) is 9.48. The smallest absolute Gasteiger partial charge is 0.353 e. The number of nitrogens with one attached hydrogen (secondary N) is 2. The molecule has 0 amide bonds. The molecule has 0 saturated heterocycles. The fraction of sp³-hybridized carbons (Fsp3) is 0.474. The quantitative estimate of drug-likeness (QED) is 0.367. The van der Waals surface area contributed by atoms with Crippen molar-refractivity contribution in [1.29, 1.82) is 0 Å². The molecule has 0 radical (unpaired) electrons. The van der Waals surface area contributed by atoms with E-state index in [1.165, 1.54) is 33.4 Å². The van der Waals surface area contributed by atoms with Crippen LogP contribution >= 0.6 is 11.6 Å². The molecule has 0 unspecified atom stereocenters. The molecule has 10 heteroatoms. The molecule has 2 N–H and O–H groups in total. The molecule has 9 nitrogen and oxygen atoms in total. The third-order valence-corrected chi connectivity index (χ3v) is 5.22.